The molecule has 0 amide bonds. The van der Waals surface area contributed by atoms with Gasteiger partial charge in [0.15, 0.2) is 0 Å². The van der Waals surface area contributed by atoms with E-state index in [1.807, 2.05) is 0 Å². The van der Waals surface area contributed by atoms with Crippen molar-refractivity contribution in [1.29, 1.82) is 0 Å². The smallest absolute Gasteiger partial charge is 0.0346 e. The van der Waals surface area contributed by atoms with Crippen molar-refractivity contribution in [2.75, 3.05) is 39.3 Å². The SMILES string of the molecule is CC(C)c1ccc(C(C)N2CCN(C3CNC3)CC2)cc1. The lowest BCUT2D eigenvalue weighted by atomic mass is 9.98. The van der Waals surface area contributed by atoms with Gasteiger partial charge in [0.05, 0.1) is 0 Å². The average Bonchev–Trinajstić information content (AvgIpc) is 2.46. The van der Waals surface area contributed by atoms with Gasteiger partial charge in [-0.05, 0) is 24.0 Å². The largest absolute Gasteiger partial charge is 0.314 e. The molecule has 2 saturated heterocycles. The van der Waals surface area contributed by atoms with Crippen LogP contribution in [0.5, 0.6) is 0 Å². The lowest BCUT2D eigenvalue weighted by Gasteiger charge is -2.44. The molecular weight excluding hydrogens is 258 g/mol. The highest BCUT2D eigenvalue weighted by Gasteiger charge is 2.29. The molecule has 0 radical (unpaired) electrons. The van der Waals surface area contributed by atoms with E-state index < -0.39 is 0 Å². The quantitative estimate of drug-likeness (QED) is 0.918. The normalized spacial score (nSPS) is 23.2. The third-order valence-corrected chi connectivity index (χ3v) is 5.26. The molecule has 2 aliphatic rings. The lowest BCUT2D eigenvalue weighted by Crippen LogP contribution is -2.61. The van der Waals surface area contributed by atoms with Gasteiger partial charge in [0.25, 0.3) is 0 Å². The van der Waals surface area contributed by atoms with E-state index in [2.05, 4.69) is 60.2 Å². The molecule has 0 aliphatic carbocycles. The molecule has 1 aromatic carbocycles. The van der Waals surface area contributed by atoms with Gasteiger partial charge in [-0.1, -0.05) is 38.1 Å². The van der Waals surface area contributed by atoms with Crippen molar-refractivity contribution in [2.45, 2.75) is 38.8 Å². The zero-order valence-corrected chi connectivity index (χ0v) is 13.7. The van der Waals surface area contributed by atoms with Gasteiger partial charge in [0.2, 0.25) is 0 Å². The number of benzene rings is 1. The number of nitrogens with one attached hydrogen (secondary N) is 1. The first kappa shape index (κ1) is 15.0. The molecule has 3 rings (SSSR count). The molecule has 2 heterocycles. The molecule has 116 valence electrons. The summed E-state index contributed by atoms with van der Waals surface area (Å²) in [6.45, 7) is 14.1. The van der Waals surface area contributed by atoms with E-state index in [0.29, 0.717) is 12.0 Å². The highest BCUT2D eigenvalue weighted by atomic mass is 15.3. The van der Waals surface area contributed by atoms with Crippen molar-refractivity contribution in [3.63, 3.8) is 0 Å². The summed E-state index contributed by atoms with van der Waals surface area (Å²) in [7, 11) is 0. The Balaban J connectivity index is 1.56. The highest BCUT2D eigenvalue weighted by molar-refractivity contribution is 5.26. The van der Waals surface area contributed by atoms with Crippen molar-refractivity contribution in [3.8, 4) is 0 Å². The first-order chi connectivity index (χ1) is 10.1. The first-order valence-electron chi connectivity index (χ1n) is 8.44. The van der Waals surface area contributed by atoms with Gasteiger partial charge >= 0.3 is 0 Å². The Hall–Kier alpha value is -0.900. The van der Waals surface area contributed by atoms with E-state index in [0.717, 1.165) is 6.04 Å². The van der Waals surface area contributed by atoms with E-state index in [9.17, 15) is 0 Å². The highest BCUT2D eigenvalue weighted by Crippen LogP contribution is 2.24. The van der Waals surface area contributed by atoms with Crippen LogP contribution in [0.25, 0.3) is 0 Å². The monoisotopic (exact) mass is 287 g/mol. The van der Waals surface area contributed by atoms with E-state index in [1.54, 1.807) is 0 Å². The van der Waals surface area contributed by atoms with Gasteiger partial charge in [-0.3, -0.25) is 9.80 Å². The Morgan fingerprint density at radius 1 is 0.905 bits per heavy atom. The van der Waals surface area contributed by atoms with Crippen LogP contribution in [0, 0.1) is 0 Å². The topological polar surface area (TPSA) is 18.5 Å². The molecule has 0 aromatic heterocycles. The maximum absolute atomic E-state index is 3.38. The van der Waals surface area contributed by atoms with E-state index in [-0.39, 0.29) is 0 Å². The number of hydrogen-bond donors (Lipinski definition) is 1. The summed E-state index contributed by atoms with van der Waals surface area (Å²) in [5.41, 5.74) is 2.89. The summed E-state index contributed by atoms with van der Waals surface area (Å²) in [5.74, 6) is 0.619. The van der Waals surface area contributed by atoms with Crippen LogP contribution in [0.3, 0.4) is 0 Å². The van der Waals surface area contributed by atoms with E-state index >= 15 is 0 Å². The van der Waals surface area contributed by atoms with Gasteiger partial charge < -0.3 is 5.32 Å². The van der Waals surface area contributed by atoms with Crippen LogP contribution in [-0.4, -0.2) is 55.1 Å². The molecule has 1 atom stereocenters. The second-order valence-corrected chi connectivity index (χ2v) is 6.88. The Kier molecular flexibility index (Phi) is 4.63. The van der Waals surface area contributed by atoms with Crippen molar-refractivity contribution in [3.05, 3.63) is 35.4 Å². The van der Waals surface area contributed by atoms with Gasteiger partial charge in [0, 0.05) is 51.4 Å². The molecule has 0 bridgehead atoms. The van der Waals surface area contributed by atoms with Crippen LogP contribution in [-0.2, 0) is 0 Å². The Morgan fingerprint density at radius 2 is 1.48 bits per heavy atom. The molecule has 0 saturated carbocycles. The van der Waals surface area contributed by atoms with Gasteiger partial charge in [-0.25, -0.2) is 0 Å². The summed E-state index contributed by atoms with van der Waals surface area (Å²) in [4.78, 5) is 5.29. The number of piperazine rings is 1. The van der Waals surface area contributed by atoms with Crippen LogP contribution in [0.1, 0.15) is 43.9 Å². The molecule has 0 spiro atoms. The minimum atomic E-state index is 0.535. The van der Waals surface area contributed by atoms with Gasteiger partial charge in [0.1, 0.15) is 0 Å². The summed E-state index contributed by atoms with van der Waals surface area (Å²) in [5, 5.41) is 3.38. The molecule has 2 aliphatic heterocycles. The third-order valence-electron chi connectivity index (χ3n) is 5.26. The summed E-state index contributed by atoms with van der Waals surface area (Å²) >= 11 is 0. The van der Waals surface area contributed by atoms with Crippen LogP contribution < -0.4 is 5.32 Å². The second-order valence-electron chi connectivity index (χ2n) is 6.88. The van der Waals surface area contributed by atoms with Gasteiger partial charge in [-0.2, -0.15) is 0 Å². The fraction of sp³-hybridized carbons (Fsp3) is 0.667. The Labute approximate surface area is 129 Å². The summed E-state index contributed by atoms with van der Waals surface area (Å²) in [6, 6.07) is 10.6. The van der Waals surface area contributed by atoms with Crippen molar-refractivity contribution in [1.82, 2.24) is 15.1 Å². The molecule has 1 N–H and O–H groups in total. The molecule has 1 aromatic rings. The molecule has 3 heteroatoms. The molecule has 3 nitrogen and oxygen atoms in total. The minimum absolute atomic E-state index is 0.535. The predicted molar refractivity (Wildman–Crippen MR) is 88.7 cm³/mol. The molecular formula is C18H29N3. The predicted octanol–water partition coefficient (Wildman–Crippen LogP) is 2.46. The number of hydrogen-bond acceptors (Lipinski definition) is 3. The Morgan fingerprint density at radius 3 is 1.95 bits per heavy atom. The number of nitrogens with zero attached hydrogens (tertiary/aromatic N) is 2. The van der Waals surface area contributed by atoms with Crippen molar-refractivity contribution in [2.24, 2.45) is 0 Å². The second kappa shape index (κ2) is 6.47. The molecule has 1 unspecified atom stereocenters. The zero-order chi connectivity index (χ0) is 14.8. The first-order valence-corrected chi connectivity index (χ1v) is 8.44. The molecule has 2 fully saturated rings. The van der Waals surface area contributed by atoms with Crippen LogP contribution in [0.2, 0.25) is 0 Å². The van der Waals surface area contributed by atoms with Crippen molar-refractivity contribution < 1.29 is 0 Å². The van der Waals surface area contributed by atoms with E-state index in [4.69, 9.17) is 0 Å². The fourth-order valence-corrected chi connectivity index (χ4v) is 3.39. The third kappa shape index (κ3) is 3.31. The van der Waals surface area contributed by atoms with Crippen LogP contribution in [0.4, 0.5) is 0 Å². The van der Waals surface area contributed by atoms with Crippen LogP contribution >= 0.6 is 0 Å². The van der Waals surface area contributed by atoms with E-state index in [1.165, 1.54) is 50.4 Å². The summed E-state index contributed by atoms with van der Waals surface area (Å²) in [6.07, 6.45) is 0. The minimum Gasteiger partial charge on any atom is -0.314 e. The average molecular weight is 287 g/mol. The van der Waals surface area contributed by atoms with Crippen molar-refractivity contribution >= 4 is 0 Å². The fourth-order valence-electron chi connectivity index (χ4n) is 3.39. The maximum Gasteiger partial charge on any atom is 0.0346 e. The van der Waals surface area contributed by atoms with Crippen LogP contribution in [0.15, 0.2) is 24.3 Å². The summed E-state index contributed by atoms with van der Waals surface area (Å²) < 4.78 is 0. The molecule has 21 heavy (non-hydrogen) atoms. The Bertz CT molecular complexity index is 442. The lowest BCUT2D eigenvalue weighted by molar-refractivity contribution is 0.0552. The number of rotatable bonds is 4. The standard InChI is InChI=1S/C18H29N3/c1-14(2)16-4-6-17(7-5-16)15(3)20-8-10-21(11-9-20)18-12-19-13-18/h4-7,14-15,18-19H,8-13H2,1-3H3. The maximum atomic E-state index is 3.38. The van der Waals surface area contributed by atoms with Gasteiger partial charge in [-0.15, -0.1) is 0 Å². The zero-order valence-electron chi connectivity index (χ0n) is 13.7.